The number of carbonyl (C=O) groups is 1. The van der Waals surface area contributed by atoms with E-state index in [4.69, 9.17) is 4.52 Å². The first-order valence-corrected chi connectivity index (χ1v) is 11.2. The van der Waals surface area contributed by atoms with E-state index in [1.54, 1.807) is 0 Å². The number of halogens is 1. The third-order valence-corrected chi connectivity index (χ3v) is 5.71. The Morgan fingerprint density at radius 3 is 2.73 bits per heavy atom. The number of nitrogens with zero attached hydrogens (tertiary/aromatic N) is 4. The number of likely N-dealkylation sites (tertiary alicyclic amines) is 1. The van der Waals surface area contributed by atoms with Crippen LogP contribution in [0.2, 0.25) is 0 Å². The molecule has 0 aromatic carbocycles. The molecule has 0 bridgehead atoms. The predicted octanol–water partition coefficient (Wildman–Crippen LogP) is 3.09. The van der Waals surface area contributed by atoms with Crippen LogP contribution in [0, 0.1) is 5.92 Å². The molecule has 0 radical (unpaired) electrons. The highest BCUT2D eigenvalue weighted by atomic mass is 127. The molecule has 1 atom stereocenters. The molecule has 2 fully saturated rings. The van der Waals surface area contributed by atoms with E-state index in [1.807, 2.05) is 4.90 Å². The first kappa shape index (κ1) is 24.9. The van der Waals surface area contributed by atoms with Crippen molar-refractivity contribution in [2.75, 3.05) is 26.2 Å². The Morgan fingerprint density at radius 2 is 2.07 bits per heavy atom. The summed E-state index contributed by atoms with van der Waals surface area (Å²) in [5, 5.41) is 10.8. The average molecular weight is 532 g/mol. The predicted molar refractivity (Wildman–Crippen MR) is 128 cm³/mol. The van der Waals surface area contributed by atoms with Gasteiger partial charge in [-0.2, -0.15) is 4.98 Å². The summed E-state index contributed by atoms with van der Waals surface area (Å²) < 4.78 is 5.29. The van der Waals surface area contributed by atoms with E-state index >= 15 is 0 Å². The normalized spacial score (nSPS) is 19.9. The molecule has 170 valence electrons. The van der Waals surface area contributed by atoms with Crippen LogP contribution < -0.4 is 10.6 Å². The SMILES string of the molecule is CCNC(=NCCCc1nc(C(C)C)no1)NC1CCN(C(=O)C2CCCC2)C1.I. The molecule has 1 saturated heterocycles. The summed E-state index contributed by atoms with van der Waals surface area (Å²) in [5.41, 5.74) is 0. The molecule has 1 aliphatic carbocycles. The lowest BCUT2D eigenvalue weighted by atomic mass is 10.1. The van der Waals surface area contributed by atoms with Crippen molar-refractivity contribution < 1.29 is 9.32 Å². The smallest absolute Gasteiger partial charge is 0.226 e. The topological polar surface area (TPSA) is 95.7 Å². The molecular formula is C21H37IN6O2. The van der Waals surface area contributed by atoms with E-state index in [9.17, 15) is 4.79 Å². The Labute approximate surface area is 197 Å². The molecule has 30 heavy (non-hydrogen) atoms. The summed E-state index contributed by atoms with van der Waals surface area (Å²) in [7, 11) is 0. The van der Waals surface area contributed by atoms with Crippen molar-refractivity contribution in [1.82, 2.24) is 25.7 Å². The van der Waals surface area contributed by atoms with Gasteiger partial charge < -0.3 is 20.1 Å². The van der Waals surface area contributed by atoms with Gasteiger partial charge in [-0.25, -0.2) is 0 Å². The standard InChI is InChI=1S/C21H36N6O2.HI/c1-4-22-21(23-12-7-10-18-25-19(15(2)3)26-29-18)24-17-11-13-27(14-17)20(28)16-8-5-6-9-16;/h15-17H,4-14H2,1-3H3,(H2,22,23,24);1H. The number of aryl methyl sites for hydroxylation is 1. The summed E-state index contributed by atoms with van der Waals surface area (Å²) in [6, 6.07) is 0.266. The monoisotopic (exact) mass is 532 g/mol. The second-order valence-electron chi connectivity index (χ2n) is 8.46. The van der Waals surface area contributed by atoms with E-state index < -0.39 is 0 Å². The number of aromatic nitrogens is 2. The van der Waals surface area contributed by atoms with Crippen molar-refractivity contribution in [3.05, 3.63) is 11.7 Å². The first-order valence-electron chi connectivity index (χ1n) is 11.2. The second-order valence-corrected chi connectivity index (χ2v) is 8.46. The fourth-order valence-electron chi connectivity index (χ4n) is 4.05. The molecule has 1 aliphatic heterocycles. The van der Waals surface area contributed by atoms with Crippen molar-refractivity contribution in [2.45, 2.75) is 77.7 Å². The zero-order chi connectivity index (χ0) is 20.6. The van der Waals surface area contributed by atoms with E-state index in [-0.39, 0.29) is 41.9 Å². The summed E-state index contributed by atoms with van der Waals surface area (Å²) in [5.74, 6) is 3.16. The maximum absolute atomic E-state index is 12.6. The Hall–Kier alpha value is -1.39. The van der Waals surface area contributed by atoms with Crippen LogP contribution in [0.3, 0.4) is 0 Å². The molecule has 2 N–H and O–H groups in total. The van der Waals surface area contributed by atoms with Crippen molar-refractivity contribution in [3.63, 3.8) is 0 Å². The van der Waals surface area contributed by atoms with Gasteiger partial charge in [-0.3, -0.25) is 9.79 Å². The number of hydrogen-bond acceptors (Lipinski definition) is 5. The minimum absolute atomic E-state index is 0. The number of hydrogen-bond donors (Lipinski definition) is 2. The Kier molecular flexibility index (Phi) is 10.3. The molecule has 9 heteroatoms. The van der Waals surface area contributed by atoms with E-state index in [1.165, 1.54) is 12.8 Å². The minimum atomic E-state index is 0. The highest BCUT2D eigenvalue weighted by molar-refractivity contribution is 14.0. The van der Waals surface area contributed by atoms with Crippen molar-refractivity contribution in [2.24, 2.45) is 10.9 Å². The molecule has 2 heterocycles. The lowest BCUT2D eigenvalue weighted by Gasteiger charge is -2.21. The van der Waals surface area contributed by atoms with Gasteiger partial charge in [0.1, 0.15) is 0 Å². The summed E-state index contributed by atoms with van der Waals surface area (Å²) in [6.07, 6.45) is 7.09. The number of amides is 1. The van der Waals surface area contributed by atoms with Crippen LogP contribution in [0.4, 0.5) is 0 Å². The molecular weight excluding hydrogens is 495 g/mol. The van der Waals surface area contributed by atoms with Gasteiger partial charge in [0.2, 0.25) is 11.8 Å². The van der Waals surface area contributed by atoms with Gasteiger partial charge in [-0.05, 0) is 32.6 Å². The minimum Gasteiger partial charge on any atom is -0.357 e. The van der Waals surface area contributed by atoms with E-state index in [0.29, 0.717) is 18.3 Å². The van der Waals surface area contributed by atoms with Crippen LogP contribution in [0.15, 0.2) is 9.52 Å². The molecule has 1 saturated carbocycles. The number of aliphatic imine (C=N–C) groups is 1. The third-order valence-electron chi connectivity index (χ3n) is 5.71. The van der Waals surface area contributed by atoms with Crippen LogP contribution in [-0.2, 0) is 11.2 Å². The zero-order valence-electron chi connectivity index (χ0n) is 18.5. The van der Waals surface area contributed by atoms with Gasteiger partial charge in [-0.1, -0.05) is 31.8 Å². The zero-order valence-corrected chi connectivity index (χ0v) is 20.9. The fraction of sp³-hybridized carbons (Fsp3) is 0.810. The maximum Gasteiger partial charge on any atom is 0.226 e. The van der Waals surface area contributed by atoms with Crippen molar-refractivity contribution in [3.8, 4) is 0 Å². The van der Waals surface area contributed by atoms with E-state index in [0.717, 1.165) is 63.5 Å². The first-order chi connectivity index (χ1) is 14.1. The third kappa shape index (κ3) is 7.09. The van der Waals surface area contributed by atoms with Crippen LogP contribution in [0.25, 0.3) is 0 Å². The highest BCUT2D eigenvalue weighted by Gasteiger charge is 2.32. The number of guanidine groups is 1. The van der Waals surface area contributed by atoms with Gasteiger partial charge in [0.25, 0.3) is 0 Å². The van der Waals surface area contributed by atoms with Crippen LogP contribution in [0.5, 0.6) is 0 Å². The fourth-order valence-corrected chi connectivity index (χ4v) is 4.05. The molecule has 1 aromatic rings. The second kappa shape index (κ2) is 12.5. The lowest BCUT2D eigenvalue weighted by molar-refractivity contribution is -0.134. The molecule has 1 unspecified atom stereocenters. The van der Waals surface area contributed by atoms with Crippen molar-refractivity contribution >= 4 is 35.8 Å². The summed E-state index contributed by atoms with van der Waals surface area (Å²) in [6.45, 7) is 9.30. The quantitative estimate of drug-likeness (QED) is 0.231. The largest absolute Gasteiger partial charge is 0.357 e. The molecule has 3 rings (SSSR count). The molecule has 1 amide bonds. The molecule has 1 aromatic heterocycles. The van der Waals surface area contributed by atoms with E-state index in [2.05, 4.69) is 46.5 Å². The maximum atomic E-state index is 12.6. The lowest BCUT2D eigenvalue weighted by Crippen LogP contribution is -2.45. The number of carbonyl (C=O) groups excluding carboxylic acids is 1. The Balaban J connectivity index is 0.00000320. The number of nitrogens with one attached hydrogen (secondary N) is 2. The molecule has 2 aliphatic rings. The summed E-state index contributed by atoms with van der Waals surface area (Å²) >= 11 is 0. The Bertz CT molecular complexity index is 687. The van der Waals surface area contributed by atoms with Crippen molar-refractivity contribution in [1.29, 1.82) is 0 Å². The van der Waals surface area contributed by atoms with Gasteiger partial charge in [0.05, 0.1) is 0 Å². The highest BCUT2D eigenvalue weighted by Crippen LogP contribution is 2.27. The van der Waals surface area contributed by atoms with Crippen LogP contribution in [0.1, 0.15) is 76.9 Å². The average Bonchev–Trinajstić information content (AvgIpc) is 3.46. The van der Waals surface area contributed by atoms with Gasteiger partial charge in [0, 0.05) is 50.5 Å². The van der Waals surface area contributed by atoms with Gasteiger partial charge >= 0.3 is 0 Å². The van der Waals surface area contributed by atoms with Crippen LogP contribution >= 0.6 is 24.0 Å². The summed E-state index contributed by atoms with van der Waals surface area (Å²) in [4.78, 5) is 23.8. The van der Waals surface area contributed by atoms with Crippen LogP contribution in [-0.4, -0.2) is 59.1 Å². The number of rotatable bonds is 8. The van der Waals surface area contributed by atoms with Gasteiger partial charge in [-0.15, -0.1) is 24.0 Å². The molecule has 0 spiro atoms. The van der Waals surface area contributed by atoms with Gasteiger partial charge in [0.15, 0.2) is 11.8 Å². The Morgan fingerprint density at radius 1 is 1.30 bits per heavy atom. The molecule has 8 nitrogen and oxygen atoms in total.